The maximum Gasteiger partial charge on any atom is 0.135 e. The second-order valence-electron chi connectivity index (χ2n) is 15.8. The molecule has 0 radical (unpaired) electrons. The molecule has 8 rings (SSSR count). The lowest BCUT2D eigenvalue weighted by Gasteiger charge is -2.32. The summed E-state index contributed by atoms with van der Waals surface area (Å²) in [7, 11) is 3.06. The van der Waals surface area contributed by atoms with Crippen molar-refractivity contribution in [3.05, 3.63) is 81.9 Å². The molecule has 2 aliphatic heterocycles. The van der Waals surface area contributed by atoms with Crippen molar-refractivity contribution < 1.29 is 40.1 Å². The van der Waals surface area contributed by atoms with Crippen LogP contribution in [0.5, 0.6) is 46.0 Å². The van der Waals surface area contributed by atoms with E-state index in [1.54, 1.807) is 12.1 Å². The van der Waals surface area contributed by atoms with Crippen LogP contribution in [0.2, 0.25) is 0 Å². The van der Waals surface area contributed by atoms with E-state index in [2.05, 4.69) is 24.5 Å². The minimum absolute atomic E-state index is 0.0136. The molecular weight excluding hydrogens is 709 g/mol. The van der Waals surface area contributed by atoms with Gasteiger partial charge in [0.05, 0.1) is 25.0 Å². The van der Waals surface area contributed by atoms with Crippen molar-refractivity contribution in [1.29, 1.82) is 0 Å². The molecule has 56 heavy (non-hydrogen) atoms. The Labute approximate surface area is 325 Å². The number of nitrogens with one attached hydrogen (secondary N) is 2. The maximum atomic E-state index is 12.5. The summed E-state index contributed by atoms with van der Waals surface area (Å²) in [4.78, 5) is 0. The highest BCUT2D eigenvalue weighted by atomic mass is 16.5. The lowest BCUT2D eigenvalue weighted by atomic mass is 9.80. The van der Waals surface area contributed by atoms with E-state index in [0.29, 0.717) is 79.3 Å². The summed E-state index contributed by atoms with van der Waals surface area (Å²) in [6.07, 6.45) is 1.02. The smallest absolute Gasteiger partial charge is 0.135 e. The highest BCUT2D eigenvalue weighted by Gasteiger charge is 2.33. The van der Waals surface area contributed by atoms with Crippen LogP contribution in [0, 0.1) is 13.8 Å². The van der Waals surface area contributed by atoms with E-state index in [0.717, 1.165) is 22.3 Å². The third kappa shape index (κ3) is 5.61. The molecule has 0 fully saturated rings. The number of aryl methyl sites for hydroxylation is 2. The van der Waals surface area contributed by atoms with E-state index in [1.807, 2.05) is 52.0 Å². The molecule has 0 saturated heterocycles. The SMILES string of the molecule is COc1cc(C)cc2c(-c3c(O)cc(O)c4c3CC(C)NC4C)cc(-c3cc(-c4c(O)cc(O)c5c4C[C@@H](C)N[C@@H]5C)c4cc(C)cc(OC)c4c3O)c(O)c12. The molecule has 6 aromatic carbocycles. The largest absolute Gasteiger partial charge is 0.507 e. The molecule has 2 heterocycles. The van der Waals surface area contributed by atoms with Gasteiger partial charge in [0.1, 0.15) is 46.0 Å². The van der Waals surface area contributed by atoms with Crippen molar-refractivity contribution in [1.82, 2.24) is 10.6 Å². The van der Waals surface area contributed by atoms with Crippen molar-refractivity contribution in [2.45, 2.75) is 78.6 Å². The molecule has 0 bridgehead atoms. The van der Waals surface area contributed by atoms with Crippen molar-refractivity contribution in [2.75, 3.05) is 14.2 Å². The fourth-order valence-electron chi connectivity index (χ4n) is 9.60. The second-order valence-corrected chi connectivity index (χ2v) is 15.8. The van der Waals surface area contributed by atoms with Gasteiger partial charge in [0, 0.05) is 69.7 Å². The second kappa shape index (κ2) is 13.4. The fraction of sp³-hybridized carbons (Fsp3) is 0.304. The first-order valence-corrected chi connectivity index (χ1v) is 19.0. The molecule has 8 N–H and O–H groups in total. The van der Waals surface area contributed by atoms with Crippen LogP contribution in [-0.4, -0.2) is 56.9 Å². The average Bonchev–Trinajstić information content (AvgIpc) is 3.11. The standard InChI is InChI=1S/C46H48N2O8/c1-19-9-25-27(41-31-13-21(3)47-23(5)39(31)33(49)17-35(41)51)15-29(45(53)43(25)37(11-19)55-7)30-16-28(26-10-20(2)12-38(56-8)44(26)46(30)54)42-32-14-22(4)48-24(6)40(32)34(50)18-36(42)52/h9-12,15-18,21-24,47-54H,13-14H2,1-8H3/t21-,22?,23-,24?/m1/s1. The summed E-state index contributed by atoms with van der Waals surface area (Å²) in [6, 6.07) is 13.4. The van der Waals surface area contributed by atoms with E-state index >= 15 is 0 Å². The van der Waals surface area contributed by atoms with Gasteiger partial charge >= 0.3 is 0 Å². The van der Waals surface area contributed by atoms with E-state index < -0.39 is 0 Å². The Morgan fingerprint density at radius 3 is 1.23 bits per heavy atom. The summed E-state index contributed by atoms with van der Waals surface area (Å²) >= 11 is 0. The lowest BCUT2D eigenvalue weighted by Crippen LogP contribution is -2.36. The zero-order valence-electron chi connectivity index (χ0n) is 32.8. The van der Waals surface area contributed by atoms with Crippen molar-refractivity contribution in [3.8, 4) is 79.4 Å². The Balaban J connectivity index is 1.55. The number of phenols is 6. The van der Waals surface area contributed by atoms with E-state index in [1.165, 1.54) is 26.4 Å². The van der Waals surface area contributed by atoms with Crippen LogP contribution in [0.4, 0.5) is 0 Å². The Bertz CT molecular complexity index is 2450. The summed E-state index contributed by atoms with van der Waals surface area (Å²) in [6.45, 7) is 11.9. The van der Waals surface area contributed by atoms with Gasteiger partial charge in [-0.25, -0.2) is 0 Å². The van der Waals surface area contributed by atoms with Crippen LogP contribution in [0.25, 0.3) is 54.9 Å². The van der Waals surface area contributed by atoms with Crippen LogP contribution in [-0.2, 0) is 12.8 Å². The zero-order valence-corrected chi connectivity index (χ0v) is 32.8. The molecule has 290 valence electrons. The number of hydrogen-bond acceptors (Lipinski definition) is 10. The predicted molar refractivity (Wildman–Crippen MR) is 220 cm³/mol. The zero-order chi connectivity index (χ0) is 40.1. The monoisotopic (exact) mass is 756 g/mol. The molecule has 0 aliphatic carbocycles. The van der Waals surface area contributed by atoms with Crippen molar-refractivity contribution in [3.63, 3.8) is 0 Å². The first kappa shape index (κ1) is 37.1. The normalized spacial score (nSPS) is 19.2. The topological polar surface area (TPSA) is 164 Å². The highest BCUT2D eigenvalue weighted by Crippen LogP contribution is 2.56. The molecular formula is C46H48N2O8. The minimum Gasteiger partial charge on any atom is -0.507 e. The molecule has 2 aliphatic rings. The number of methoxy groups -OCH3 is 2. The van der Waals surface area contributed by atoms with Crippen LogP contribution in [0.15, 0.2) is 48.5 Å². The fourth-order valence-corrected chi connectivity index (χ4v) is 9.60. The number of hydrogen-bond donors (Lipinski definition) is 8. The van der Waals surface area contributed by atoms with E-state index in [-0.39, 0.29) is 69.8 Å². The van der Waals surface area contributed by atoms with Gasteiger partial charge in [0.25, 0.3) is 0 Å². The predicted octanol–water partition coefficient (Wildman–Crippen LogP) is 9.05. The molecule has 2 unspecified atom stereocenters. The van der Waals surface area contributed by atoms with Crippen LogP contribution >= 0.6 is 0 Å². The Morgan fingerprint density at radius 1 is 0.500 bits per heavy atom. The van der Waals surface area contributed by atoms with Crippen LogP contribution in [0.1, 0.15) is 73.2 Å². The molecule has 4 atom stereocenters. The van der Waals surface area contributed by atoms with Gasteiger partial charge in [-0.05, 0) is 123 Å². The Hall–Kier alpha value is -5.84. The molecule has 0 spiro atoms. The van der Waals surface area contributed by atoms with Gasteiger partial charge in [-0.3, -0.25) is 0 Å². The molecule has 10 heteroatoms. The van der Waals surface area contributed by atoms with Gasteiger partial charge in [0.2, 0.25) is 0 Å². The van der Waals surface area contributed by atoms with Crippen molar-refractivity contribution >= 4 is 21.5 Å². The first-order chi connectivity index (χ1) is 26.6. The maximum absolute atomic E-state index is 12.5. The Morgan fingerprint density at radius 2 is 0.875 bits per heavy atom. The third-order valence-electron chi connectivity index (χ3n) is 11.7. The lowest BCUT2D eigenvalue weighted by molar-refractivity contribution is 0.401. The van der Waals surface area contributed by atoms with Crippen molar-refractivity contribution in [2.24, 2.45) is 0 Å². The number of rotatable bonds is 5. The number of phenolic OH excluding ortho intramolecular Hbond substituents is 6. The van der Waals surface area contributed by atoms with Gasteiger partial charge in [0.15, 0.2) is 0 Å². The van der Waals surface area contributed by atoms with Gasteiger partial charge < -0.3 is 50.7 Å². The minimum atomic E-state index is -0.209. The first-order valence-electron chi connectivity index (χ1n) is 19.0. The summed E-state index contributed by atoms with van der Waals surface area (Å²) in [5.74, 6) is 0.187. The van der Waals surface area contributed by atoms with Gasteiger partial charge in [-0.2, -0.15) is 0 Å². The number of fused-ring (bicyclic) bond motifs is 4. The van der Waals surface area contributed by atoms with Gasteiger partial charge in [-0.1, -0.05) is 12.1 Å². The molecule has 6 aromatic rings. The van der Waals surface area contributed by atoms with Gasteiger partial charge in [-0.15, -0.1) is 0 Å². The number of ether oxygens (including phenoxy) is 2. The van der Waals surface area contributed by atoms with Crippen LogP contribution < -0.4 is 20.1 Å². The molecule has 10 nitrogen and oxygen atoms in total. The summed E-state index contributed by atoms with van der Waals surface area (Å²) in [5.41, 5.74) is 7.27. The van der Waals surface area contributed by atoms with E-state index in [9.17, 15) is 30.6 Å². The van der Waals surface area contributed by atoms with Crippen LogP contribution in [0.3, 0.4) is 0 Å². The van der Waals surface area contributed by atoms with E-state index in [4.69, 9.17) is 9.47 Å². The molecule has 0 saturated carbocycles. The molecule has 0 amide bonds. The third-order valence-corrected chi connectivity index (χ3v) is 11.7. The average molecular weight is 757 g/mol. The summed E-state index contributed by atoms with van der Waals surface area (Å²) < 4.78 is 11.8. The quantitative estimate of drug-likeness (QED) is 0.0852. The number of benzene rings is 6. The summed E-state index contributed by atoms with van der Waals surface area (Å²) in [5, 5.41) is 79.7. The highest BCUT2D eigenvalue weighted by molar-refractivity contribution is 6.13. The Kier molecular flexibility index (Phi) is 8.89. The molecule has 0 aromatic heterocycles. The number of aromatic hydroxyl groups is 6.